The number of hydrogen-bond donors (Lipinski definition) is 0. The van der Waals surface area contributed by atoms with Crippen molar-refractivity contribution in [1.29, 1.82) is 0 Å². The second-order valence-electron chi connectivity index (χ2n) is 8.06. The normalized spacial score (nSPS) is 42.0. The van der Waals surface area contributed by atoms with E-state index in [9.17, 15) is 4.79 Å². The molecular formula is C18H32N2O. The van der Waals surface area contributed by atoms with Crippen molar-refractivity contribution in [2.24, 2.45) is 17.8 Å². The number of carbonyl (C=O) groups is 1. The SMILES string of the molecule is CC1CCC(C(=O)CN2C(C)CN3CC(C)CCC32)CC1. The fourth-order valence-electron chi connectivity index (χ4n) is 4.69. The van der Waals surface area contributed by atoms with E-state index in [1.54, 1.807) is 0 Å². The fraction of sp³-hybridized carbons (Fsp3) is 0.944. The third-order valence-electron chi connectivity index (χ3n) is 6.14. The molecule has 0 aromatic heterocycles. The minimum atomic E-state index is 0.352. The first-order valence-corrected chi connectivity index (χ1v) is 9.07. The number of rotatable bonds is 3. The fourth-order valence-corrected chi connectivity index (χ4v) is 4.69. The van der Waals surface area contributed by atoms with Gasteiger partial charge in [-0.1, -0.05) is 26.7 Å². The average molecular weight is 292 g/mol. The Hall–Kier alpha value is -0.410. The number of hydrogen-bond acceptors (Lipinski definition) is 3. The van der Waals surface area contributed by atoms with E-state index < -0.39 is 0 Å². The molecule has 3 heteroatoms. The second kappa shape index (κ2) is 6.37. The second-order valence-corrected chi connectivity index (χ2v) is 8.06. The Balaban J connectivity index is 1.58. The summed E-state index contributed by atoms with van der Waals surface area (Å²) in [6, 6.07) is 0.548. The summed E-state index contributed by atoms with van der Waals surface area (Å²) in [7, 11) is 0. The Morgan fingerprint density at radius 1 is 0.905 bits per heavy atom. The minimum absolute atomic E-state index is 0.352. The average Bonchev–Trinajstić information content (AvgIpc) is 2.75. The highest BCUT2D eigenvalue weighted by Crippen LogP contribution is 2.33. The van der Waals surface area contributed by atoms with Crippen LogP contribution < -0.4 is 0 Å². The van der Waals surface area contributed by atoms with Gasteiger partial charge in [-0.25, -0.2) is 0 Å². The lowest BCUT2D eigenvalue weighted by molar-refractivity contribution is -0.126. The van der Waals surface area contributed by atoms with E-state index in [-0.39, 0.29) is 0 Å². The zero-order valence-electron chi connectivity index (χ0n) is 14.1. The van der Waals surface area contributed by atoms with Crippen LogP contribution in [0.25, 0.3) is 0 Å². The van der Waals surface area contributed by atoms with Gasteiger partial charge in [0.1, 0.15) is 5.78 Å². The predicted octanol–water partition coefficient (Wildman–Crippen LogP) is 3.14. The molecule has 1 saturated carbocycles. The Kier molecular flexibility index (Phi) is 4.70. The molecule has 3 rings (SSSR count). The van der Waals surface area contributed by atoms with Crippen LogP contribution >= 0.6 is 0 Å². The number of piperidine rings is 1. The smallest absolute Gasteiger partial charge is 0.149 e. The molecule has 3 fully saturated rings. The molecule has 21 heavy (non-hydrogen) atoms. The van der Waals surface area contributed by atoms with Crippen LogP contribution in [0.4, 0.5) is 0 Å². The highest BCUT2D eigenvalue weighted by molar-refractivity contribution is 5.83. The quantitative estimate of drug-likeness (QED) is 0.798. The van der Waals surface area contributed by atoms with Crippen LogP contribution in [0.3, 0.4) is 0 Å². The lowest BCUT2D eigenvalue weighted by Crippen LogP contribution is -2.47. The van der Waals surface area contributed by atoms with Crippen molar-refractivity contribution in [1.82, 2.24) is 9.80 Å². The van der Waals surface area contributed by atoms with E-state index in [0.717, 1.165) is 31.2 Å². The van der Waals surface area contributed by atoms with Gasteiger partial charge in [0.15, 0.2) is 0 Å². The van der Waals surface area contributed by atoms with Gasteiger partial charge in [-0.2, -0.15) is 0 Å². The van der Waals surface area contributed by atoms with E-state index in [0.29, 0.717) is 30.5 Å². The van der Waals surface area contributed by atoms with Crippen LogP contribution in [0, 0.1) is 17.8 Å². The predicted molar refractivity (Wildman–Crippen MR) is 86.1 cm³/mol. The zero-order valence-corrected chi connectivity index (χ0v) is 14.1. The first-order valence-electron chi connectivity index (χ1n) is 9.07. The monoisotopic (exact) mass is 292 g/mol. The summed E-state index contributed by atoms with van der Waals surface area (Å²) in [5.74, 6) is 2.53. The van der Waals surface area contributed by atoms with Crippen LogP contribution in [0.2, 0.25) is 0 Å². The number of carbonyl (C=O) groups excluding carboxylic acids is 1. The van der Waals surface area contributed by atoms with Crippen molar-refractivity contribution in [3.63, 3.8) is 0 Å². The first-order chi connectivity index (χ1) is 10.0. The molecule has 3 unspecified atom stereocenters. The summed E-state index contributed by atoms with van der Waals surface area (Å²) >= 11 is 0. The lowest BCUT2D eigenvalue weighted by Gasteiger charge is -2.37. The summed E-state index contributed by atoms with van der Waals surface area (Å²) in [6.07, 6.45) is 7.88. The van der Waals surface area contributed by atoms with Crippen LogP contribution in [0.5, 0.6) is 0 Å². The molecule has 0 spiro atoms. The van der Waals surface area contributed by atoms with Gasteiger partial charge in [-0.05, 0) is 44.4 Å². The molecule has 2 heterocycles. The molecule has 0 N–H and O–H groups in total. The summed E-state index contributed by atoms with van der Waals surface area (Å²) in [4.78, 5) is 17.8. The maximum atomic E-state index is 12.7. The van der Waals surface area contributed by atoms with Crippen molar-refractivity contribution in [3.05, 3.63) is 0 Å². The summed E-state index contributed by atoms with van der Waals surface area (Å²) in [5, 5.41) is 0. The van der Waals surface area contributed by atoms with Gasteiger partial charge in [-0.3, -0.25) is 14.6 Å². The Bertz CT molecular complexity index is 375. The van der Waals surface area contributed by atoms with E-state index in [1.807, 2.05) is 0 Å². The van der Waals surface area contributed by atoms with Crippen LogP contribution in [-0.2, 0) is 4.79 Å². The van der Waals surface area contributed by atoms with Crippen LogP contribution in [-0.4, -0.2) is 47.4 Å². The van der Waals surface area contributed by atoms with Crippen LogP contribution in [0.15, 0.2) is 0 Å². The molecule has 120 valence electrons. The van der Waals surface area contributed by atoms with Gasteiger partial charge in [-0.15, -0.1) is 0 Å². The lowest BCUT2D eigenvalue weighted by atomic mass is 9.81. The maximum absolute atomic E-state index is 12.7. The highest BCUT2D eigenvalue weighted by atomic mass is 16.1. The summed E-state index contributed by atoms with van der Waals surface area (Å²) < 4.78 is 0. The van der Waals surface area contributed by atoms with Crippen molar-refractivity contribution in [2.45, 2.75) is 71.5 Å². The minimum Gasteiger partial charge on any atom is -0.298 e. The molecule has 2 saturated heterocycles. The molecule has 3 aliphatic rings. The van der Waals surface area contributed by atoms with Crippen molar-refractivity contribution in [3.8, 4) is 0 Å². The third-order valence-corrected chi connectivity index (χ3v) is 6.14. The molecule has 1 aliphatic carbocycles. The number of Topliss-reactive ketones (excluding diaryl/α,β-unsaturated/α-hetero) is 1. The summed E-state index contributed by atoms with van der Waals surface area (Å²) in [5.41, 5.74) is 0. The zero-order chi connectivity index (χ0) is 15.0. The summed E-state index contributed by atoms with van der Waals surface area (Å²) in [6.45, 7) is 10.1. The molecular weight excluding hydrogens is 260 g/mol. The highest BCUT2D eigenvalue weighted by Gasteiger charge is 2.41. The molecule has 0 aromatic rings. The Morgan fingerprint density at radius 2 is 1.57 bits per heavy atom. The maximum Gasteiger partial charge on any atom is 0.149 e. The van der Waals surface area contributed by atoms with Gasteiger partial charge in [0, 0.05) is 25.0 Å². The number of fused-ring (bicyclic) bond motifs is 1. The van der Waals surface area contributed by atoms with Crippen molar-refractivity contribution in [2.75, 3.05) is 19.6 Å². The first kappa shape index (κ1) is 15.5. The third kappa shape index (κ3) is 3.34. The van der Waals surface area contributed by atoms with E-state index >= 15 is 0 Å². The van der Waals surface area contributed by atoms with E-state index in [1.165, 1.54) is 32.2 Å². The number of nitrogens with zero attached hydrogens (tertiary/aromatic N) is 2. The van der Waals surface area contributed by atoms with Gasteiger partial charge in [0.2, 0.25) is 0 Å². The van der Waals surface area contributed by atoms with E-state index in [4.69, 9.17) is 0 Å². The topological polar surface area (TPSA) is 23.6 Å². The molecule has 0 aromatic carbocycles. The van der Waals surface area contributed by atoms with Crippen LogP contribution in [0.1, 0.15) is 59.3 Å². The van der Waals surface area contributed by atoms with Gasteiger partial charge in [0.25, 0.3) is 0 Å². The molecule has 0 radical (unpaired) electrons. The Morgan fingerprint density at radius 3 is 2.29 bits per heavy atom. The van der Waals surface area contributed by atoms with Gasteiger partial charge >= 0.3 is 0 Å². The standard InChI is InChI=1S/C18H32N2O/c1-13-4-7-16(8-5-13)17(21)12-20-15(3)11-19-10-14(2)6-9-18(19)20/h13-16,18H,4-12H2,1-3H3. The van der Waals surface area contributed by atoms with E-state index in [2.05, 4.69) is 30.6 Å². The molecule has 3 atom stereocenters. The van der Waals surface area contributed by atoms with Gasteiger partial charge < -0.3 is 0 Å². The molecule has 2 aliphatic heterocycles. The largest absolute Gasteiger partial charge is 0.298 e. The molecule has 3 nitrogen and oxygen atoms in total. The van der Waals surface area contributed by atoms with Gasteiger partial charge in [0.05, 0.1) is 12.7 Å². The van der Waals surface area contributed by atoms with Crippen molar-refractivity contribution >= 4 is 5.78 Å². The van der Waals surface area contributed by atoms with Crippen molar-refractivity contribution < 1.29 is 4.79 Å². The number of ketones is 1. The Labute approximate surface area is 130 Å². The molecule has 0 amide bonds. The molecule has 0 bridgehead atoms.